The summed E-state index contributed by atoms with van der Waals surface area (Å²) in [7, 11) is 2.13. The van der Waals surface area contributed by atoms with Crippen LogP contribution in [0.3, 0.4) is 0 Å². The quantitative estimate of drug-likeness (QED) is 0.678. The molecule has 2 aliphatic rings. The molecular formula is C13H23N. The van der Waals surface area contributed by atoms with E-state index in [0.717, 1.165) is 5.92 Å². The van der Waals surface area contributed by atoms with Gasteiger partial charge in [-0.05, 0) is 51.5 Å². The van der Waals surface area contributed by atoms with Crippen LogP contribution in [0.5, 0.6) is 0 Å². The third-order valence-electron chi connectivity index (χ3n) is 3.91. The highest BCUT2D eigenvalue weighted by atomic mass is 14.9. The maximum Gasteiger partial charge on any atom is 0.0305 e. The van der Waals surface area contributed by atoms with E-state index < -0.39 is 0 Å². The number of nitrogens with one attached hydrogen (secondary N) is 1. The molecule has 1 fully saturated rings. The second-order valence-electron chi connectivity index (χ2n) is 4.84. The second-order valence-corrected chi connectivity index (χ2v) is 4.84. The summed E-state index contributed by atoms with van der Waals surface area (Å²) in [6.45, 7) is 0. The van der Waals surface area contributed by atoms with Crippen LogP contribution in [-0.4, -0.2) is 13.1 Å². The molecule has 0 heterocycles. The van der Waals surface area contributed by atoms with Gasteiger partial charge in [-0.1, -0.05) is 24.5 Å². The SMILES string of the molecule is CNC(C1=CCCCCC1)C1CCC1. The lowest BCUT2D eigenvalue weighted by atomic mass is 9.76. The number of likely N-dealkylation sites (N-methyl/N-ethyl adjacent to an activating group) is 1. The summed E-state index contributed by atoms with van der Waals surface area (Å²) in [6.07, 6.45) is 13.8. The van der Waals surface area contributed by atoms with E-state index in [1.807, 2.05) is 0 Å². The summed E-state index contributed by atoms with van der Waals surface area (Å²) in [6, 6.07) is 0.710. The molecular weight excluding hydrogens is 170 g/mol. The van der Waals surface area contributed by atoms with E-state index >= 15 is 0 Å². The van der Waals surface area contributed by atoms with Crippen LogP contribution in [0.4, 0.5) is 0 Å². The van der Waals surface area contributed by atoms with Crippen LogP contribution < -0.4 is 5.32 Å². The molecule has 0 radical (unpaired) electrons. The molecule has 1 heteroatoms. The monoisotopic (exact) mass is 193 g/mol. The van der Waals surface area contributed by atoms with Crippen LogP contribution in [-0.2, 0) is 0 Å². The Labute approximate surface area is 88.0 Å². The minimum Gasteiger partial charge on any atom is -0.313 e. The van der Waals surface area contributed by atoms with E-state index in [0.29, 0.717) is 6.04 Å². The fourth-order valence-corrected chi connectivity index (χ4v) is 2.82. The third-order valence-corrected chi connectivity index (χ3v) is 3.91. The summed E-state index contributed by atoms with van der Waals surface area (Å²) < 4.78 is 0. The lowest BCUT2D eigenvalue weighted by molar-refractivity contribution is 0.256. The standard InChI is InChI=1S/C13H23N/c1-14-13(12-9-6-10-12)11-7-4-2-3-5-8-11/h7,12-14H,2-6,8-10H2,1H3. The van der Waals surface area contributed by atoms with Crippen LogP contribution in [0.15, 0.2) is 11.6 Å². The van der Waals surface area contributed by atoms with Crippen molar-refractivity contribution in [2.75, 3.05) is 7.05 Å². The zero-order valence-corrected chi connectivity index (χ0v) is 9.39. The molecule has 0 aromatic rings. The summed E-state index contributed by atoms with van der Waals surface area (Å²) in [5.41, 5.74) is 1.72. The van der Waals surface area contributed by atoms with Gasteiger partial charge in [0.2, 0.25) is 0 Å². The first kappa shape index (κ1) is 10.2. The molecule has 14 heavy (non-hydrogen) atoms. The van der Waals surface area contributed by atoms with Gasteiger partial charge in [0.1, 0.15) is 0 Å². The minimum atomic E-state index is 0.710. The Bertz CT molecular complexity index is 203. The first-order valence-electron chi connectivity index (χ1n) is 6.28. The Morgan fingerprint density at radius 1 is 1.21 bits per heavy atom. The van der Waals surface area contributed by atoms with Crippen molar-refractivity contribution in [3.63, 3.8) is 0 Å². The number of rotatable bonds is 3. The second kappa shape index (κ2) is 4.97. The molecule has 0 saturated heterocycles. The predicted molar refractivity (Wildman–Crippen MR) is 61.4 cm³/mol. The van der Waals surface area contributed by atoms with Gasteiger partial charge in [0, 0.05) is 6.04 Å². The predicted octanol–water partition coefficient (Wildman–Crippen LogP) is 3.27. The zero-order valence-electron chi connectivity index (χ0n) is 9.39. The molecule has 0 spiro atoms. The first-order chi connectivity index (χ1) is 6.92. The van der Waals surface area contributed by atoms with Crippen LogP contribution in [0.1, 0.15) is 51.4 Å². The molecule has 1 nitrogen and oxygen atoms in total. The maximum atomic E-state index is 3.53. The van der Waals surface area contributed by atoms with Crippen LogP contribution in [0.2, 0.25) is 0 Å². The largest absolute Gasteiger partial charge is 0.313 e. The molecule has 0 aromatic carbocycles. The molecule has 1 unspecified atom stereocenters. The van der Waals surface area contributed by atoms with Gasteiger partial charge in [-0.25, -0.2) is 0 Å². The molecule has 1 atom stereocenters. The van der Waals surface area contributed by atoms with Crippen molar-refractivity contribution >= 4 is 0 Å². The molecule has 1 saturated carbocycles. The van der Waals surface area contributed by atoms with Gasteiger partial charge in [-0.15, -0.1) is 0 Å². The van der Waals surface area contributed by atoms with Crippen molar-refractivity contribution < 1.29 is 0 Å². The van der Waals surface area contributed by atoms with E-state index in [2.05, 4.69) is 18.4 Å². The molecule has 1 N–H and O–H groups in total. The van der Waals surface area contributed by atoms with E-state index in [4.69, 9.17) is 0 Å². The lowest BCUT2D eigenvalue weighted by Gasteiger charge is -2.35. The summed E-state index contributed by atoms with van der Waals surface area (Å²) in [5, 5.41) is 3.53. The molecule has 80 valence electrons. The maximum absolute atomic E-state index is 3.53. The molecule has 0 amide bonds. The van der Waals surface area contributed by atoms with E-state index in [1.165, 1.54) is 51.4 Å². The van der Waals surface area contributed by atoms with E-state index in [1.54, 1.807) is 5.57 Å². The van der Waals surface area contributed by atoms with Gasteiger partial charge in [0.05, 0.1) is 0 Å². The van der Waals surface area contributed by atoms with Crippen molar-refractivity contribution in [2.24, 2.45) is 5.92 Å². The first-order valence-corrected chi connectivity index (χ1v) is 6.28. The Morgan fingerprint density at radius 2 is 2.07 bits per heavy atom. The molecule has 2 rings (SSSR count). The molecule has 0 bridgehead atoms. The van der Waals surface area contributed by atoms with Gasteiger partial charge in [-0.3, -0.25) is 0 Å². The lowest BCUT2D eigenvalue weighted by Crippen LogP contribution is -2.38. The van der Waals surface area contributed by atoms with Crippen molar-refractivity contribution in [1.82, 2.24) is 5.32 Å². The fourth-order valence-electron chi connectivity index (χ4n) is 2.82. The summed E-state index contributed by atoms with van der Waals surface area (Å²) in [4.78, 5) is 0. The molecule has 0 aromatic heterocycles. The highest BCUT2D eigenvalue weighted by molar-refractivity contribution is 5.14. The summed E-state index contributed by atoms with van der Waals surface area (Å²) in [5.74, 6) is 0.948. The fraction of sp³-hybridized carbons (Fsp3) is 0.846. The van der Waals surface area contributed by atoms with Crippen molar-refractivity contribution in [2.45, 2.75) is 57.4 Å². The van der Waals surface area contributed by atoms with Crippen LogP contribution in [0, 0.1) is 5.92 Å². The highest BCUT2D eigenvalue weighted by Gasteiger charge is 2.28. The van der Waals surface area contributed by atoms with Gasteiger partial charge in [0.15, 0.2) is 0 Å². The van der Waals surface area contributed by atoms with Gasteiger partial charge in [-0.2, -0.15) is 0 Å². The van der Waals surface area contributed by atoms with Crippen LogP contribution in [0.25, 0.3) is 0 Å². The highest BCUT2D eigenvalue weighted by Crippen LogP contribution is 2.34. The van der Waals surface area contributed by atoms with E-state index in [-0.39, 0.29) is 0 Å². The Hall–Kier alpha value is -0.300. The zero-order chi connectivity index (χ0) is 9.80. The smallest absolute Gasteiger partial charge is 0.0305 e. The van der Waals surface area contributed by atoms with Gasteiger partial charge >= 0.3 is 0 Å². The average molecular weight is 193 g/mol. The Morgan fingerprint density at radius 3 is 2.71 bits per heavy atom. The topological polar surface area (TPSA) is 12.0 Å². The van der Waals surface area contributed by atoms with Crippen molar-refractivity contribution in [3.8, 4) is 0 Å². The number of allylic oxidation sites excluding steroid dienone is 1. The number of hydrogen-bond donors (Lipinski definition) is 1. The normalized spacial score (nSPS) is 26.2. The molecule has 2 aliphatic carbocycles. The van der Waals surface area contributed by atoms with Crippen LogP contribution >= 0.6 is 0 Å². The summed E-state index contributed by atoms with van der Waals surface area (Å²) >= 11 is 0. The number of hydrogen-bond acceptors (Lipinski definition) is 1. The van der Waals surface area contributed by atoms with Crippen molar-refractivity contribution in [1.29, 1.82) is 0 Å². The Kier molecular flexibility index (Phi) is 3.63. The molecule has 0 aliphatic heterocycles. The Balaban J connectivity index is 1.97. The van der Waals surface area contributed by atoms with E-state index in [9.17, 15) is 0 Å². The third kappa shape index (κ3) is 2.20. The van der Waals surface area contributed by atoms with Gasteiger partial charge < -0.3 is 5.32 Å². The average Bonchev–Trinajstić information content (AvgIpc) is 2.38. The van der Waals surface area contributed by atoms with Crippen molar-refractivity contribution in [3.05, 3.63) is 11.6 Å². The van der Waals surface area contributed by atoms with Gasteiger partial charge in [0.25, 0.3) is 0 Å². The minimum absolute atomic E-state index is 0.710.